The molecule has 1 aromatic carbocycles. The van der Waals surface area contributed by atoms with Crippen LogP contribution in [0.4, 0.5) is 0 Å². The average Bonchev–Trinajstić information content (AvgIpc) is 3.17. The summed E-state index contributed by atoms with van der Waals surface area (Å²) in [4.78, 5) is 13.0. The maximum atomic E-state index is 13.0. The van der Waals surface area contributed by atoms with Gasteiger partial charge in [0.25, 0.3) is 5.91 Å². The lowest BCUT2D eigenvalue weighted by Crippen LogP contribution is -2.56. The maximum Gasteiger partial charge on any atom is 0.269 e. The normalized spacial score (nSPS) is 31.1. The maximum absolute atomic E-state index is 13.0. The number of halogens is 2. The van der Waals surface area contributed by atoms with Gasteiger partial charge in [-0.05, 0) is 86.3 Å². The van der Waals surface area contributed by atoms with Crippen molar-refractivity contribution in [2.75, 3.05) is 0 Å². The molecule has 6 heteroatoms. The summed E-state index contributed by atoms with van der Waals surface area (Å²) in [7, 11) is 0. The molecule has 1 aromatic heterocycles. The summed E-state index contributed by atoms with van der Waals surface area (Å²) >= 11 is 12.1. The predicted octanol–water partition coefficient (Wildman–Crippen LogP) is 6.11. The van der Waals surface area contributed by atoms with E-state index in [1.54, 1.807) is 18.2 Å². The molecule has 0 radical (unpaired) electrons. The Kier molecular flexibility index (Phi) is 4.90. The molecule has 2 N–H and O–H groups in total. The highest BCUT2D eigenvalue weighted by molar-refractivity contribution is 6.42. The van der Waals surface area contributed by atoms with Crippen LogP contribution in [-0.2, 0) is 0 Å². The largest absolute Gasteiger partial charge is 0.347 e. The van der Waals surface area contributed by atoms with Crippen LogP contribution in [0.5, 0.6) is 0 Å². The lowest BCUT2D eigenvalue weighted by Gasteiger charge is -2.59. The lowest BCUT2D eigenvalue weighted by atomic mass is 9.47. The zero-order valence-corrected chi connectivity index (χ0v) is 18.2. The van der Waals surface area contributed by atoms with Gasteiger partial charge in [0.1, 0.15) is 5.69 Å². The third-order valence-corrected chi connectivity index (χ3v) is 8.32. The molecule has 0 saturated heterocycles. The van der Waals surface area contributed by atoms with Crippen LogP contribution in [0.2, 0.25) is 10.0 Å². The summed E-state index contributed by atoms with van der Waals surface area (Å²) in [6.07, 6.45) is 9.08. The fraction of sp³-hybridized carbons (Fsp3) is 0.565. The molecule has 29 heavy (non-hydrogen) atoms. The summed E-state index contributed by atoms with van der Waals surface area (Å²) in [5.41, 5.74) is 2.32. The summed E-state index contributed by atoms with van der Waals surface area (Å²) in [6, 6.07) is 7.40. The summed E-state index contributed by atoms with van der Waals surface area (Å²) in [5.74, 6) is 2.56. The topological polar surface area (TPSA) is 57.8 Å². The molecule has 0 aliphatic heterocycles. The van der Waals surface area contributed by atoms with Gasteiger partial charge < -0.3 is 5.32 Å². The Morgan fingerprint density at radius 1 is 1.14 bits per heavy atom. The minimum absolute atomic E-state index is 0.0635. The highest BCUT2D eigenvalue weighted by atomic mass is 35.5. The van der Waals surface area contributed by atoms with Crippen molar-refractivity contribution in [1.82, 2.24) is 15.5 Å². The van der Waals surface area contributed by atoms with E-state index in [4.69, 9.17) is 23.2 Å². The van der Waals surface area contributed by atoms with Crippen LogP contribution >= 0.6 is 23.2 Å². The van der Waals surface area contributed by atoms with E-state index in [1.165, 1.54) is 38.5 Å². The van der Waals surface area contributed by atoms with E-state index >= 15 is 0 Å². The molecule has 6 rings (SSSR count). The van der Waals surface area contributed by atoms with Crippen molar-refractivity contribution < 1.29 is 4.79 Å². The Morgan fingerprint density at radius 3 is 2.38 bits per heavy atom. The second-order valence-electron chi connectivity index (χ2n) is 9.51. The molecule has 4 fully saturated rings. The molecule has 4 saturated carbocycles. The number of hydrogen-bond donors (Lipinski definition) is 2. The minimum Gasteiger partial charge on any atom is -0.347 e. The summed E-state index contributed by atoms with van der Waals surface area (Å²) in [5, 5.41) is 11.6. The van der Waals surface area contributed by atoms with E-state index in [-0.39, 0.29) is 11.9 Å². The first-order chi connectivity index (χ1) is 14.0. The average molecular weight is 432 g/mol. The van der Waals surface area contributed by atoms with Crippen LogP contribution in [0.3, 0.4) is 0 Å². The Hall–Kier alpha value is -1.52. The Morgan fingerprint density at radius 2 is 1.79 bits per heavy atom. The van der Waals surface area contributed by atoms with Crippen molar-refractivity contribution in [3.05, 3.63) is 40.0 Å². The van der Waals surface area contributed by atoms with E-state index in [0.29, 0.717) is 26.8 Å². The number of aromatic amines is 1. The van der Waals surface area contributed by atoms with Crippen molar-refractivity contribution in [3.8, 4) is 11.3 Å². The third-order valence-electron chi connectivity index (χ3n) is 7.58. The number of carbonyl (C=O) groups is 1. The molecular formula is C23H27Cl2N3O. The van der Waals surface area contributed by atoms with Gasteiger partial charge in [-0.25, -0.2) is 0 Å². The van der Waals surface area contributed by atoms with Gasteiger partial charge in [0.15, 0.2) is 0 Å². The van der Waals surface area contributed by atoms with E-state index in [2.05, 4.69) is 22.4 Å². The molecule has 4 nitrogen and oxygen atoms in total. The predicted molar refractivity (Wildman–Crippen MR) is 116 cm³/mol. The second-order valence-corrected chi connectivity index (χ2v) is 10.3. The standard InChI is InChI=1S/C23H27Cl2N3O/c1-2-21(23-10-13-5-14(11-23)7-15(6-13)12-23)26-22(29)20-9-19(27-28-20)16-3-4-17(24)18(25)8-16/h3-4,8-9,13-15,21H,2,5-7,10-12H2,1H3,(H,26,29)(H,27,28). The number of amides is 1. The van der Waals surface area contributed by atoms with Crippen molar-refractivity contribution in [2.45, 2.75) is 57.9 Å². The second kappa shape index (κ2) is 7.31. The number of rotatable bonds is 5. The van der Waals surface area contributed by atoms with Gasteiger partial charge in [0.05, 0.1) is 15.7 Å². The highest BCUT2D eigenvalue weighted by Crippen LogP contribution is 2.61. The fourth-order valence-electron chi connectivity index (χ4n) is 6.77. The molecule has 1 unspecified atom stereocenters. The van der Waals surface area contributed by atoms with Gasteiger partial charge in [-0.1, -0.05) is 36.2 Å². The van der Waals surface area contributed by atoms with Gasteiger partial charge >= 0.3 is 0 Å². The van der Waals surface area contributed by atoms with Gasteiger partial charge in [0, 0.05) is 11.6 Å². The van der Waals surface area contributed by atoms with Crippen LogP contribution < -0.4 is 5.32 Å². The van der Waals surface area contributed by atoms with Crippen LogP contribution in [0.15, 0.2) is 24.3 Å². The lowest BCUT2D eigenvalue weighted by molar-refractivity contribution is -0.0727. The number of nitrogens with one attached hydrogen (secondary N) is 2. The molecule has 0 spiro atoms. The Balaban J connectivity index is 1.33. The fourth-order valence-corrected chi connectivity index (χ4v) is 7.07. The zero-order chi connectivity index (χ0) is 20.2. The van der Waals surface area contributed by atoms with Crippen molar-refractivity contribution in [3.63, 3.8) is 0 Å². The molecule has 2 aromatic rings. The molecular weight excluding hydrogens is 405 g/mol. The molecule has 4 aliphatic carbocycles. The van der Waals surface area contributed by atoms with Gasteiger partial charge in [-0.3, -0.25) is 9.89 Å². The molecule has 1 amide bonds. The van der Waals surface area contributed by atoms with E-state index in [9.17, 15) is 4.79 Å². The first-order valence-electron chi connectivity index (χ1n) is 10.8. The first-order valence-corrected chi connectivity index (χ1v) is 11.5. The molecule has 4 bridgehead atoms. The highest BCUT2D eigenvalue weighted by Gasteiger charge is 2.54. The van der Waals surface area contributed by atoms with E-state index < -0.39 is 0 Å². The molecule has 4 aliphatic rings. The molecule has 1 atom stereocenters. The monoisotopic (exact) mass is 431 g/mol. The number of nitrogens with zero attached hydrogens (tertiary/aromatic N) is 1. The van der Waals surface area contributed by atoms with Crippen molar-refractivity contribution in [1.29, 1.82) is 0 Å². The van der Waals surface area contributed by atoms with Crippen molar-refractivity contribution >= 4 is 29.1 Å². The zero-order valence-electron chi connectivity index (χ0n) is 16.7. The van der Waals surface area contributed by atoms with Crippen molar-refractivity contribution in [2.24, 2.45) is 23.2 Å². The third kappa shape index (κ3) is 3.48. The van der Waals surface area contributed by atoms with Crippen LogP contribution in [0.1, 0.15) is 62.4 Å². The number of H-pyrrole nitrogens is 1. The summed E-state index contributed by atoms with van der Waals surface area (Å²) < 4.78 is 0. The van der Waals surface area contributed by atoms with E-state index in [0.717, 1.165) is 29.7 Å². The first kappa shape index (κ1) is 19.4. The van der Waals surface area contributed by atoms with Gasteiger partial charge in [-0.15, -0.1) is 0 Å². The number of carbonyl (C=O) groups excluding carboxylic acids is 1. The Bertz CT molecular complexity index is 903. The van der Waals surface area contributed by atoms with Crippen LogP contribution in [0.25, 0.3) is 11.3 Å². The quantitative estimate of drug-likeness (QED) is 0.599. The number of benzene rings is 1. The minimum atomic E-state index is -0.0635. The van der Waals surface area contributed by atoms with E-state index in [1.807, 2.05) is 6.07 Å². The van der Waals surface area contributed by atoms with Crippen LogP contribution in [0, 0.1) is 23.2 Å². The van der Waals surface area contributed by atoms with Gasteiger partial charge in [-0.2, -0.15) is 5.10 Å². The summed E-state index contributed by atoms with van der Waals surface area (Å²) in [6.45, 7) is 2.21. The Labute approximate surface area is 181 Å². The number of aromatic nitrogens is 2. The SMILES string of the molecule is CCC(NC(=O)c1cc(-c2ccc(Cl)c(Cl)c2)n[nH]1)C12CC3CC(CC(C3)C1)C2. The molecule has 1 heterocycles. The smallest absolute Gasteiger partial charge is 0.269 e. The number of hydrogen-bond acceptors (Lipinski definition) is 2. The molecule has 154 valence electrons. The van der Waals surface area contributed by atoms with Crippen LogP contribution in [-0.4, -0.2) is 22.1 Å². The van der Waals surface area contributed by atoms with Gasteiger partial charge in [0.2, 0.25) is 0 Å².